The molecular formula is C3H9Br2CuMgS. The summed E-state index contributed by atoms with van der Waals surface area (Å²) in [6.45, 7) is 0. The first-order chi connectivity index (χ1) is 2.41. The van der Waals surface area contributed by atoms with E-state index in [1.54, 1.807) is 11.8 Å². The fourth-order valence-corrected chi connectivity index (χ4v) is 0. The summed E-state index contributed by atoms with van der Waals surface area (Å²) < 4.78 is 0. The molecule has 0 atom stereocenters. The van der Waals surface area contributed by atoms with Gasteiger partial charge in [-0.3, -0.25) is 0 Å². The summed E-state index contributed by atoms with van der Waals surface area (Å²) in [5, 5.41) is 0. The zero-order valence-electron chi connectivity index (χ0n) is 5.17. The number of hydrogen-bond donors (Lipinski definition) is 0. The van der Waals surface area contributed by atoms with Crippen molar-refractivity contribution in [2.75, 3.05) is 12.5 Å². The Labute approximate surface area is 98.8 Å². The predicted octanol–water partition coefficient (Wildman–Crippen LogP) is -1.10. The van der Waals surface area contributed by atoms with Crippen LogP contribution in [-0.4, -0.2) is 35.6 Å². The molecule has 0 spiro atoms. The van der Waals surface area contributed by atoms with Gasteiger partial charge in [-0.2, -0.15) is 11.8 Å². The van der Waals surface area contributed by atoms with Crippen molar-refractivity contribution < 1.29 is 31.2 Å². The van der Waals surface area contributed by atoms with Crippen LogP contribution in [0, 0.1) is 7.43 Å². The molecule has 0 heterocycles. The van der Waals surface area contributed by atoms with E-state index in [1.807, 2.05) is 12.5 Å². The van der Waals surface area contributed by atoms with E-state index >= 15 is 0 Å². The van der Waals surface area contributed by atoms with Crippen LogP contribution in [0.4, 0.5) is 0 Å². The molecule has 0 radical (unpaired) electrons. The second kappa shape index (κ2) is 54.8. The van der Waals surface area contributed by atoms with E-state index in [9.17, 15) is 0 Å². The second-order valence-corrected chi connectivity index (χ2v) is 1.22. The molecule has 0 aromatic rings. The van der Waals surface area contributed by atoms with Gasteiger partial charge in [0.15, 0.2) is 0 Å². The van der Waals surface area contributed by atoms with Crippen molar-refractivity contribution in [2.45, 2.75) is 0 Å². The first-order valence-electron chi connectivity index (χ1n) is 0.930. The third-order valence-electron chi connectivity index (χ3n) is 0. The van der Waals surface area contributed by atoms with E-state index in [4.69, 9.17) is 0 Å². The van der Waals surface area contributed by atoms with Crippen LogP contribution >= 0.6 is 25.9 Å². The molecule has 0 saturated carbocycles. The van der Waals surface area contributed by atoms with Crippen LogP contribution in [0.3, 0.4) is 0 Å². The fraction of sp³-hybridized carbons (Fsp3) is 0.667. The van der Waals surface area contributed by atoms with E-state index in [0.29, 0.717) is 0 Å². The van der Waals surface area contributed by atoms with E-state index in [0.717, 1.165) is 0 Å². The van der Waals surface area contributed by atoms with E-state index in [1.165, 1.54) is 0 Å². The van der Waals surface area contributed by atoms with Crippen molar-refractivity contribution in [1.29, 1.82) is 0 Å². The maximum Gasteiger partial charge on any atom is 2.00 e. The molecule has 0 aliphatic heterocycles. The summed E-state index contributed by atoms with van der Waals surface area (Å²) in [7, 11) is 0. The zero-order chi connectivity index (χ0) is 4.71. The van der Waals surface area contributed by atoms with E-state index in [2.05, 4.69) is 28.3 Å². The van der Waals surface area contributed by atoms with Gasteiger partial charge in [-0.1, -0.05) is 0 Å². The van der Waals surface area contributed by atoms with Crippen LogP contribution in [0.2, 0.25) is 0 Å². The molecular weight excluding hydrogens is 316 g/mol. The summed E-state index contributed by atoms with van der Waals surface area (Å²) >= 11 is 8.25. The number of hydrogen-bond acceptors (Lipinski definition) is 1. The van der Waals surface area contributed by atoms with Gasteiger partial charge in [-0.15, -0.1) is 0 Å². The maximum absolute atomic E-state index is 4.00. The summed E-state index contributed by atoms with van der Waals surface area (Å²) in [4.78, 5) is 0. The predicted molar refractivity (Wildman–Crippen MR) is 40.5 cm³/mol. The van der Waals surface area contributed by atoms with Gasteiger partial charge in [0.1, 0.15) is 0 Å². The smallest absolute Gasteiger partial charge is 2.00 e. The average Bonchev–Trinajstić information content (AvgIpc) is 1.46. The molecule has 54 valence electrons. The summed E-state index contributed by atoms with van der Waals surface area (Å²) in [6, 6.07) is 0. The molecule has 0 nitrogen and oxygen atoms in total. The minimum absolute atomic E-state index is 0. The van der Waals surface area contributed by atoms with Crippen LogP contribution in [0.15, 0.2) is 0 Å². The molecule has 5 heteroatoms. The molecule has 0 bridgehead atoms. The molecule has 0 amide bonds. The fourth-order valence-electron chi connectivity index (χ4n) is 0. The summed E-state index contributed by atoms with van der Waals surface area (Å²) in [6.07, 6.45) is 4.08. The molecule has 8 heavy (non-hydrogen) atoms. The molecule has 0 fully saturated rings. The molecule has 0 aliphatic carbocycles. The molecule has 0 aromatic carbocycles. The van der Waals surface area contributed by atoms with Crippen LogP contribution < -0.4 is 17.0 Å². The van der Waals surface area contributed by atoms with E-state index in [-0.39, 0.29) is 47.5 Å². The van der Waals surface area contributed by atoms with Crippen LogP contribution in [0.5, 0.6) is 0 Å². The van der Waals surface area contributed by atoms with Gasteiger partial charge < -0.3 is 24.4 Å². The topological polar surface area (TPSA) is 0 Å². The van der Waals surface area contributed by atoms with Crippen molar-refractivity contribution in [3.8, 4) is 0 Å². The summed E-state index contributed by atoms with van der Waals surface area (Å²) in [5.41, 5.74) is 0. The van der Waals surface area contributed by atoms with Crippen LogP contribution in [0.1, 0.15) is 0 Å². The Morgan fingerprint density at radius 2 is 1.25 bits per heavy atom. The van der Waals surface area contributed by atoms with Crippen molar-refractivity contribution in [1.82, 2.24) is 0 Å². The Balaban J connectivity index is -0.00000000567. The minimum Gasteiger partial charge on any atom is 2.00 e. The minimum atomic E-state index is 0. The van der Waals surface area contributed by atoms with Gasteiger partial charge in [-0.05, 0) is 12.5 Å². The van der Waals surface area contributed by atoms with Gasteiger partial charge in [0.2, 0.25) is 0 Å². The Morgan fingerprint density at radius 1 is 1.25 bits per heavy atom. The average molecular weight is 325 g/mol. The van der Waals surface area contributed by atoms with Crippen LogP contribution in [-0.2, 0) is 14.2 Å². The molecule has 0 N–H and O–H groups in total. The molecule has 0 rings (SSSR count). The number of rotatable bonds is 0. The van der Waals surface area contributed by atoms with Gasteiger partial charge in [0.05, 0.1) is 0 Å². The van der Waals surface area contributed by atoms with E-state index < -0.39 is 0 Å². The molecule has 0 aliphatic rings. The Morgan fingerprint density at radius 3 is 1.25 bits per heavy atom. The van der Waals surface area contributed by atoms with Crippen molar-refractivity contribution in [3.63, 3.8) is 0 Å². The standard InChI is InChI=1S/C2H6S.CH3.2BrH.Cu.Mg/c1-3-2;;;;;/h1-2H3;1H3;2*1H;;/q;-1;;;+1;+2/p-2. The van der Waals surface area contributed by atoms with Gasteiger partial charge in [-0.25, -0.2) is 0 Å². The SMILES string of the molecule is CSC.[Br-].[CH3-].[Cu][Br].[Mg+2]. The van der Waals surface area contributed by atoms with Crippen LogP contribution in [0.25, 0.3) is 0 Å². The van der Waals surface area contributed by atoms with Gasteiger partial charge in [0.25, 0.3) is 0 Å². The van der Waals surface area contributed by atoms with Crippen molar-refractivity contribution >= 4 is 48.9 Å². The normalized spacial score (nSPS) is 3.12. The molecule has 0 aromatic heterocycles. The Hall–Kier alpha value is 2.60. The first kappa shape index (κ1) is 31.2. The Bertz CT molecular complexity index is 17.2. The maximum atomic E-state index is 4.00. The van der Waals surface area contributed by atoms with Crippen molar-refractivity contribution in [2.24, 2.45) is 0 Å². The third kappa shape index (κ3) is 73.6. The van der Waals surface area contributed by atoms with Crippen molar-refractivity contribution in [3.05, 3.63) is 7.43 Å². The molecule has 0 unspecified atom stereocenters. The monoisotopic (exact) mass is 322 g/mol. The quantitative estimate of drug-likeness (QED) is 0.402. The van der Waals surface area contributed by atoms with Gasteiger partial charge >= 0.3 is 51.4 Å². The number of thioether (sulfide) groups is 1. The number of halogens is 2. The summed E-state index contributed by atoms with van der Waals surface area (Å²) in [5.74, 6) is 0. The largest absolute Gasteiger partial charge is 2.00 e. The Kier molecular flexibility index (Phi) is 214. The zero-order valence-corrected chi connectivity index (χ0v) is 11.5. The second-order valence-electron chi connectivity index (χ2n) is 0.408. The third-order valence-corrected chi connectivity index (χ3v) is 0. The molecule has 0 saturated heterocycles. The van der Waals surface area contributed by atoms with Gasteiger partial charge in [0, 0.05) is 0 Å². The first-order valence-corrected chi connectivity index (χ1v) is 4.89.